The number of allylic oxidation sites excluding steroid dienone is 1. The third-order valence-corrected chi connectivity index (χ3v) is 4.45. The molecule has 0 aromatic heterocycles. The van der Waals surface area contributed by atoms with E-state index in [1.165, 1.54) is 12.1 Å². The Morgan fingerprint density at radius 3 is 2.12 bits per heavy atom. The second-order valence-corrected chi connectivity index (χ2v) is 6.29. The van der Waals surface area contributed by atoms with Crippen LogP contribution in [0.3, 0.4) is 0 Å². The van der Waals surface area contributed by atoms with Gasteiger partial charge >= 0.3 is 0 Å². The van der Waals surface area contributed by atoms with Crippen LogP contribution in [0.25, 0.3) is 11.6 Å². The van der Waals surface area contributed by atoms with Crippen LogP contribution >= 0.6 is 23.2 Å². The van der Waals surface area contributed by atoms with Crippen molar-refractivity contribution in [1.82, 2.24) is 0 Å². The average molecular weight is 369 g/mol. The first-order chi connectivity index (χ1) is 12.0. The van der Waals surface area contributed by atoms with Gasteiger partial charge in [-0.15, -0.1) is 0 Å². The monoisotopic (exact) mass is 368 g/mol. The van der Waals surface area contributed by atoms with Gasteiger partial charge < -0.3 is 5.11 Å². The van der Waals surface area contributed by atoms with Gasteiger partial charge in [-0.1, -0.05) is 59.6 Å². The molecule has 0 atom stereocenters. The second kappa shape index (κ2) is 7.56. The summed E-state index contributed by atoms with van der Waals surface area (Å²) < 4.78 is 0. The molecule has 0 spiro atoms. The molecule has 1 N–H and O–H groups in total. The Labute approximate surface area is 156 Å². The minimum Gasteiger partial charge on any atom is -0.508 e. The molecule has 3 aromatic rings. The van der Waals surface area contributed by atoms with Crippen molar-refractivity contribution in [2.24, 2.45) is 0 Å². The average Bonchev–Trinajstić information content (AvgIpc) is 2.63. The predicted molar refractivity (Wildman–Crippen MR) is 103 cm³/mol. The normalized spacial score (nSPS) is 11.4. The van der Waals surface area contributed by atoms with Crippen molar-refractivity contribution in [3.05, 3.63) is 99.5 Å². The summed E-state index contributed by atoms with van der Waals surface area (Å²) in [6, 6.07) is 20.8. The van der Waals surface area contributed by atoms with E-state index in [1.54, 1.807) is 36.4 Å². The largest absolute Gasteiger partial charge is 0.508 e. The molecule has 0 amide bonds. The predicted octanol–water partition coefficient (Wildman–Crippen LogP) is 6.12. The summed E-state index contributed by atoms with van der Waals surface area (Å²) >= 11 is 12.0. The highest BCUT2D eigenvalue weighted by Gasteiger charge is 2.15. The van der Waals surface area contributed by atoms with Crippen LogP contribution in [-0.4, -0.2) is 10.9 Å². The van der Waals surface area contributed by atoms with Gasteiger partial charge in [0.2, 0.25) is 0 Å². The minimum atomic E-state index is -0.141. The highest BCUT2D eigenvalue weighted by atomic mass is 35.5. The molecule has 3 rings (SSSR count). The van der Waals surface area contributed by atoms with Gasteiger partial charge in [0.05, 0.1) is 10.0 Å². The number of benzene rings is 3. The Bertz CT molecular complexity index is 930. The Kier molecular flexibility index (Phi) is 5.22. The van der Waals surface area contributed by atoms with E-state index < -0.39 is 0 Å². The Morgan fingerprint density at radius 2 is 1.48 bits per heavy atom. The molecule has 3 aromatic carbocycles. The van der Waals surface area contributed by atoms with Gasteiger partial charge in [0, 0.05) is 11.1 Å². The molecule has 0 unspecified atom stereocenters. The van der Waals surface area contributed by atoms with Crippen LogP contribution in [0.15, 0.2) is 72.8 Å². The van der Waals surface area contributed by atoms with E-state index >= 15 is 0 Å². The fourth-order valence-electron chi connectivity index (χ4n) is 2.43. The number of Topliss-reactive ketones (excluding diaryl/α,β-unsaturated/α-hetero) is 1. The molecule has 0 bridgehead atoms. The number of ketones is 1. The second-order valence-electron chi connectivity index (χ2n) is 5.47. The Hall–Kier alpha value is -2.55. The summed E-state index contributed by atoms with van der Waals surface area (Å²) in [4.78, 5) is 13.0. The topological polar surface area (TPSA) is 37.3 Å². The zero-order chi connectivity index (χ0) is 17.8. The number of rotatable bonds is 4. The summed E-state index contributed by atoms with van der Waals surface area (Å²) in [5, 5.41) is 10.3. The Morgan fingerprint density at radius 1 is 0.800 bits per heavy atom. The zero-order valence-electron chi connectivity index (χ0n) is 13.1. The van der Waals surface area contributed by atoms with Crippen LogP contribution in [0.1, 0.15) is 21.5 Å². The SMILES string of the molecule is O=C(C(=Cc1ccc(Cl)c(Cl)c1)c1ccccc1)c1ccc(O)cc1. The minimum absolute atomic E-state index is 0.117. The number of hydrogen-bond donors (Lipinski definition) is 1. The number of aromatic hydroxyl groups is 1. The third kappa shape index (κ3) is 4.11. The quantitative estimate of drug-likeness (QED) is 0.342. The lowest BCUT2D eigenvalue weighted by molar-refractivity contribution is 0.105. The lowest BCUT2D eigenvalue weighted by Crippen LogP contribution is -2.02. The van der Waals surface area contributed by atoms with Crippen molar-refractivity contribution in [2.45, 2.75) is 0 Å². The van der Waals surface area contributed by atoms with Gasteiger partial charge in [0.1, 0.15) is 5.75 Å². The van der Waals surface area contributed by atoms with Crippen LogP contribution in [0, 0.1) is 0 Å². The summed E-state index contributed by atoms with van der Waals surface area (Å²) in [7, 11) is 0. The molecular weight excluding hydrogens is 355 g/mol. The summed E-state index contributed by atoms with van der Waals surface area (Å²) in [6.45, 7) is 0. The molecule has 0 aliphatic carbocycles. The van der Waals surface area contributed by atoms with Crippen molar-refractivity contribution in [1.29, 1.82) is 0 Å². The molecule has 0 saturated heterocycles. The van der Waals surface area contributed by atoms with Crippen molar-refractivity contribution in [3.8, 4) is 5.75 Å². The molecule has 0 heterocycles. The van der Waals surface area contributed by atoms with Crippen molar-refractivity contribution in [3.63, 3.8) is 0 Å². The number of carbonyl (C=O) groups excluding carboxylic acids is 1. The number of carbonyl (C=O) groups is 1. The molecule has 0 aliphatic heterocycles. The molecular formula is C21H14Cl2O2. The highest BCUT2D eigenvalue weighted by molar-refractivity contribution is 6.42. The molecule has 2 nitrogen and oxygen atoms in total. The van der Waals surface area contributed by atoms with Gasteiger partial charge in [-0.3, -0.25) is 4.79 Å². The standard InChI is InChI=1S/C21H14Cl2O2/c22-19-11-6-14(13-20(19)23)12-18(15-4-2-1-3-5-15)21(25)16-7-9-17(24)10-8-16/h1-13,24H. The first-order valence-corrected chi connectivity index (χ1v) is 8.36. The van der Waals surface area contributed by atoms with E-state index in [9.17, 15) is 9.90 Å². The maximum absolute atomic E-state index is 13.0. The van der Waals surface area contributed by atoms with Crippen molar-refractivity contribution in [2.75, 3.05) is 0 Å². The lowest BCUT2D eigenvalue weighted by atomic mass is 9.95. The highest BCUT2D eigenvalue weighted by Crippen LogP contribution is 2.27. The maximum Gasteiger partial charge on any atom is 0.193 e. The summed E-state index contributed by atoms with van der Waals surface area (Å²) in [5.74, 6) is -0.0245. The van der Waals surface area contributed by atoms with E-state index in [-0.39, 0.29) is 11.5 Å². The van der Waals surface area contributed by atoms with Crippen molar-refractivity contribution < 1.29 is 9.90 Å². The number of halogens is 2. The van der Waals surface area contributed by atoms with Gasteiger partial charge in [-0.25, -0.2) is 0 Å². The summed E-state index contributed by atoms with van der Waals surface area (Å²) in [6.07, 6.45) is 1.78. The molecule has 124 valence electrons. The van der Waals surface area contributed by atoms with Crippen molar-refractivity contribution >= 4 is 40.6 Å². The smallest absolute Gasteiger partial charge is 0.193 e. The molecule has 4 heteroatoms. The van der Waals surface area contributed by atoms with Gasteiger partial charge in [-0.05, 0) is 53.6 Å². The number of phenolic OH excluding ortho intramolecular Hbond substituents is 1. The maximum atomic E-state index is 13.0. The molecule has 25 heavy (non-hydrogen) atoms. The van der Waals surface area contributed by atoms with Gasteiger partial charge in [0.25, 0.3) is 0 Å². The van der Waals surface area contributed by atoms with E-state index in [4.69, 9.17) is 23.2 Å². The zero-order valence-corrected chi connectivity index (χ0v) is 14.6. The first-order valence-electron chi connectivity index (χ1n) is 7.60. The van der Waals surface area contributed by atoms with Crippen LogP contribution < -0.4 is 0 Å². The lowest BCUT2D eigenvalue weighted by Gasteiger charge is -2.09. The first kappa shape index (κ1) is 17.3. The van der Waals surface area contributed by atoms with E-state index in [2.05, 4.69) is 0 Å². The summed E-state index contributed by atoms with van der Waals surface area (Å²) in [5.41, 5.74) is 2.60. The Balaban J connectivity index is 2.09. The van der Waals surface area contributed by atoms with Crippen LogP contribution in [0.4, 0.5) is 0 Å². The van der Waals surface area contributed by atoms with Gasteiger partial charge in [-0.2, -0.15) is 0 Å². The van der Waals surface area contributed by atoms with Crippen LogP contribution in [-0.2, 0) is 0 Å². The number of hydrogen-bond acceptors (Lipinski definition) is 2. The molecule has 0 fully saturated rings. The molecule has 0 aliphatic rings. The molecule has 0 saturated carbocycles. The van der Waals surface area contributed by atoms with E-state index in [1.807, 2.05) is 30.3 Å². The van der Waals surface area contributed by atoms with Gasteiger partial charge in [0.15, 0.2) is 5.78 Å². The van der Waals surface area contributed by atoms with E-state index in [0.717, 1.165) is 11.1 Å². The van der Waals surface area contributed by atoms with E-state index in [0.29, 0.717) is 21.2 Å². The number of phenols is 1. The fourth-order valence-corrected chi connectivity index (χ4v) is 2.74. The third-order valence-electron chi connectivity index (χ3n) is 3.71. The fraction of sp³-hybridized carbons (Fsp3) is 0. The van der Waals surface area contributed by atoms with Crippen LogP contribution in [0.2, 0.25) is 10.0 Å². The molecule has 0 radical (unpaired) electrons. The van der Waals surface area contributed by atoms with Crippen LogP contribution in [0.5, 0.6) is 5.75 Å².